The standard InChI is InChI=1S/C65H91ClN10O11S/c1-44(2)87-58-35-53(46(5)31-56(58)72-64-70-38-54(66)63(73-64)71-55-15-10-11-16-59(55)88(79,80)45(3)4)50-17-20-74(21-18-50)40-60(77)67-19-22-82-23-24-83-25-26-84-27-28-85-29-30-86-52-14-12-13-48(33-52)32-49-34-57-62(69-36-49)65(7,8)43-76(57)61(78)41-75-39-47(6)68-37-51(75)42-81-9/h10-16,31,33-36,38,44-45,47,50-51,68H,17-30,32,37,39-43H2,1-9H3,(H,67,77)(H2,70,71,72,73)/t47-,51-/m1/s1. The first-order chi connectivity index (χ1) is 42.3. The summed E-state index contributed by atoms with van der Waals surface area (Å²) < 4.78 is 66.9. The molecule has 3 aliphatic rings. The fourth-order valence-electron chi connectivity index (χ4n) is 11.3. The van der Waals surface area contributed by atoms with E-state index in [9.17, 15) is 18.0 Å². The van der Waals surface area contributed by atoms with Crippen molar-refractivity contribution in [1.29, 1.82) is 0 Å². The van der Waals surface area contributed by atoms with Crippen LogP contribution in [0.15, 0.2) is 84.0 Å². The van der Waals surface area contributed by atoms with Gasteiger partial charge in [-0.25, -0.2) is 13.4 Å². The van der Waals surface area contributed by atoms with Crippen LogP contribution in [0.5, 0.6) is 11.5 Å². The Labute approximate surface area is 525 Å². The van der Waals surface area contributed by atoms with Crippen LogP contribution < -0.4 is 35.6 Å². The van der Waals surface area contributed by atoms with Gasteiger partial charge in [0, 0.05) is 57.0 Å². The average molecular weight is 1260 g/mol. The number of para-hydroxylation sites is 1. The monoisotopic (exact) mass is 1250 g/mol. The topological polar surface area (TPSA) is 229 Å². The second kappa shape index (κ2) is 32.6. The first-order valence-electron chi connectivity index (χ1n) is 30.8. The molecule has 8 rings (SSSR count). The van der Waals surface area contributed by atoms with Crippen molar-refractivity contribution in [3.63, 3.8) is 0 Å². The Balaban J connectivity index is 0.655. The van der Waals surface area contributed by atoms with Crippen LogP contribution in [0.3, 0.4) is 0 Å². The minimum atomic E-state index is -3.59. The van der Waals surface area contributed by atoms with Crippen LogP contribution in [-0.2, 0) is 54.9 Å². The largest absolute Gasteiger partial charge is 0.491 e. The second-order valence-electron chi connectivity index (χ2n) is 24.0. The van der Waals surface area contributed by atoms with E-state index in [2.05, 4.69) is 86.9 Å². The quantitative estimate of drug-likeness (QED) is 0.0290. The van der Waals surface area contributed by atoms with E-state index in [0.717, 1.165) is 72.8 Å². The van der Waals surface area contributed by atoms with Crippen molar-refractivity contribution >= 4 is 62.1 Å². The van der Waals surface area contributed by atoms with E-state index in [-0.39, 0.29) is 57.0 Å². The van der Waals surface area contributed by atoms with Gasteiger partial charge in [0.2, 0.25) is 17.8 Å². The van der Waals surface area contributed by atoms with Crippen LogP contribution in [0.25, 0.3) is 0 Å². The Hall–Kier alpha value is -6.05. The highest BCUT2D eigenvalue weighted by molar-refractivity contribution is 7.92. The van der Waals surface area contributed by atoms with Crippen LogP contribution in [0, 0.1) is 6.92 Å². The lowest BCUT2D eigenvalue weighted by atomic mass is 9.86. The molecule has 3 aliphatic heterocycles. The number of ether oxygens (including phenoxy) is 7. The molecule has 88 heavy (non-hydrogen) atoms. The Kier molecular flexibility index (Phi) is 25.2. The molecular weight excluding hydrogens is 1160 g/mol. The maximum Gasteiger partial charge on any atom is 0.241 e. The summed E-state index contributed by atoms with van der Waals surface area (Å²) in [5, 5.41) is 12.5. The lowest BCUT2D eigenvalue weighted by Crippen LogP contribution is -2.59. The molecule has 0 unspecified atom stereocenters. The van der Waals surface area contributed by atoms with E-state index in [1.54, 1.807) is 45.2 Å². The molecule has 3 aromatic carbocycles. The van der Waals surface area contributed by atoms with Gasteiger partial charge >= 0.3 is 0 Å². The van der Waals surface area contributed by atoms with Gasteiger partial charge in [-0.3, -0.25) is 24.4 Å². The van der Waals surface area contributed by atoms with Gasteiger partial charge in [0.05, 0.1) is 118 Å². The molecule has 480 valence electrons. The first kappa shape index (κ1) is 67.9. The van der Waals surface area contributed by atoms with Gasteiger partial charge in [0.1, 0.15) is 23.1 Å². The Morgan fingerprint density at radius 1 is 0.818 bits per heavy atom. The fraction of sp³-hybridized carbons (Fsp3) is 0.554. The maximum atomic E-state index is 13.9. The van der Waals surface area contributed by atoms with E-state index in [0.29, 0.717) is 122 Å². The molecule has 21 nitrogen and oxygen atoms in total. The predicted molar refractivity (Wildman–Crippen MR) is 343 cm³/mol. The van der Waals surface area contributed by atoms with Crippen molar-refractivity contribution in [3.8, 4) is 11.5 Å². The third kappa shape index (κ3) is 19.2. The molecule has 2 saturated heterocycles. The van der Waals surface area contributed by atoms with Crippen LogP contribution in [0.4, 0.5) is 28.8 Å². The normalized spacial score (nSPS) is 17.3. The lowest BCUT2D eigenvalue weighted by Gasteiger charge is -2.39. The van der Waals surface area contributed by atoms with Gasteiger partial charge < -0.3 is 59.3 Å². The number of hydrogen-bond acceptors (Lipinski definition) is 19. The van der Waals surface area contributed by atoms with Crippen molar-refractivity contribution in [2.75, 3.05) is 141 Å². The number of aromatic nitrogens is 3. The van der Waals surface area contributed by atoms with Gasteiger partial charge in [-0.05, 0) is 145 Å². The number of piperazine rings is 1. The van der Waals surface area contributed by atoms with Crippen molar-refractivity contribution in [2.24, 2.45) is 0 Å². The number of anilines is 5. The minimum Gasteiger partial charge on any atom is -0.491 e. The molecule has 5 heterocycles. The summed E-state index contributed by atoms with van der Waals surface area (Å²) in [7, 11) is -1.88. The first-order valence-corrected chi connectivity index (χ1v) is 32.7. The number of benzene rings is 3. The molecular formula is C65H91ClN10O11S. The number of hydrogen-bond donors (Lipinski definition) is 4. The molecule has 2 atom stereocenters. The number of pyridine rings is 1. The number of likely N-dealkylation sites (tertiary alicyclic amines) is 1. The van der Waals surface area contributed by atoms with Crippen LogP contribution in [0.1, 0.15) is 95.2 Å². The molecule has 0 aliphatic carbocycles. The highest BCUT2D eigenvalue weighted by atomic mass is 35.5. The van der Waals surface area contributed by atoms with E-state index >= 15 is 0 Å². The van der Waals surface area contributed by atoms with Crippen molar-refractivity contribution in [3.05, 3.63) is 112 Å². The van der Waals surface area contributed by atoms with E-state index in [4.69, 9.17) is 49.7 Å². The zero-order valence-electron chi connectivity index (χ0n) is 52.7. The summed E-state index contributed by atoms with van der Waals surface area (Å²) in [4.78, 5) is 47.3. The summed E-state index contributed by atoms with van der Waals surface area (Å²) in [5.41, 5.74) is 7.03. The number of fused-ring (bicyclic) bond motifs is 1. The lowest BCUT2D eigenvalue weighted by molar-refractivity contribution is -0.123. The van der Waals surface area contributed by atoms with Gasteiger partial charge in [-0.1, -0.05) is 49.7 Å². The number of aryl methyl sites for hydroxylation is 1. The molecule has 5 aromatic rings. The smallest absolute Gasteiger partial charge is 0.241 e. The third-order valence-electron chi connectivity index (χ3n) is 15.8. The summed E-state index contributed by atoms with van der Waals surface area (Å²) in [5.74, 6) is 2.25. The summed E-state index contributed by atoms with van der Waals surface area (Å²) in [6.07, 6.45) is 5.71. The zero-order valence-corrected chi connectivity index (χ0v) is 54.3. The summed E-state index contributed by atoms with van der Waals surface area (Å²) >= 11 is 6.53. The van der Waals surface area contributed by atoms with Gasteiger partial charge in [0.25, 0.3) is 0 Å². The number of nitrogens with one attached hydrogen (secondary N) is 4. The highest BCUT2D eigenvalue weighted by Crippen LogP contribution is 2.41. The van der Waals surface area contributed by atoms with Crippen molar-refractivity contribution in [2.45, 2.75) is 114 Å². The second-order valence-corrected chi connectivity index (χ2v) is 26.9. The number of nitrogens with zero attached hydrogens (tertiary/aromatic N) is 6. The van der Waals surface area contributed by atoms with Gasteiger partial charge in [0.15, 0.2) is 15.7 Å². The Bertz CT molecular complexity index is 3200. The number of methoxy groups -OCH3 is 1. The fourth-order valence-corrected chi connectivity index (χ4v) is 12.6. The molecule has 0 spiro atoms. The molecule has 2 fully saturated rings. The molecule has 0 bridgehead atoms. The number of rotatable bonds is 33. The Morgan fingerprint density at radius 3 is 2.23 bits per heavy atom. The number of sulfone groups is 1. The van der Waals surface area contributed by atoms with Crippen molar-refractivity contribution in [1.82, 2.24) is 35.4 Å². The average Bonchev–Trinajstić information content (AvgIpc) is 2.67. The SMILES string of the molecule is COC[C@H]1CN[C@H](C)CN1CC(=O)N1CC(C)(C)c2ncc(Cc3cccc(OCCOCCOCCOCCOCCNC(=O)CN4CCC(c5cc(OC(C)C)c(Nc6ncc(Cl)c(Nc7ccccc7S(=O)(=O)C(C)C)n6)cc5C)CC4)c3)cc21. The highest BCUT2D eigenvalue weighted by Gasteiger charge is 2.41. The van der Waals surface area contributed by atoms with E-state index in [1.165, 1.54) is 11.8 Å². The summed E-state index contributed by atoms with van der Waals surface area (Å²) in [6.45, 7) is 24.9. The van der Waals surface area contributed by atoms with Crippen LogP contribution in [0.2, 0.25) is 5.02 Å². The third-order valence-corrected chi connectivity index (χ3v) is 18.3. The molecule has 2 amide bonds. The number of carbonyl (C=O) groups excluding carboxylic acids is 2. The number of carbonyl (C=O) groups is 2. The number of halogens is 1. The van der Waals surface area contributed by atoms with E-state index in [1.807, 2.05) is 49.2 Å². The van der Waals surface area contributed by atoms with Crippen LogP contribution >= 0.6 is 11.6 Å². The Morgan fingerprint density at radius 2 is 1.52 bits per heavy atom. The minimum absolute atomic E-state index is 0.0358. The van der Waals surface area contributed by atoms with Crippen molar-refractivity contribution < 1.29 is 51.2 Å². The molecule has 4 N–H and O–H groups in total. The van der Waals surface area contributed by atoms with Gasteiger partial charge in [-0.2, -0.15) is 4.98 Å². The molecule has 0 saturated carbocycles. The maximum absolute atomic E-state index is 13.9. The van der Waals surface area contributed by atoms with Crippen LogP contribution in [-0.4, -0.2) is 194 Å². The molecule has 0 radical (unpaired) electrons. The molecule has 2 aromatic heterocycles. The van der Waals surface area contributed by atoms with E-state index < -0.39 is 15.1 Å². The number of amides is 2. The predicted octanol–water partition coefficient (Wildman–Crippen LogP) is 8.25. The van der Waals surface area contributed by atoms with Gasteiger partial charge in [-0.15, -0.1) is 0 Å². The molecule has 23 heteroatoms. The zero-order chi connectivity index (χ0) is 62.8. The summed E-state index contributed by atoms with van der Waals surface area (Å²) in [6, 6.07) is 21.4. The number of piperidine rings is 1.